The highest BCUT2D eigenvalue weighted by molar-refractivity contribution is 8.00. The molecule has 0 radical (unpaired) electrons. The van der Waals surface area contributed by atoms with Crippen LogP contribution in [0.15, 0.2) is 23.1 Å². The molecule has 7 heteroatoms. The molecule has 1 heterocycles. The molecule has 19 heavy (non-hydrogen) atoms. The number of likely N-dealkylation sites (N-methyl/N-ethyl adjacent to an activating group) is 1. The molecule has 1 aliphatic heterocycles. The number of thioether (sulfide) groups is 1. The van der Waals surface area contributed by atoms with Crippen LogP contribution in [0.1, 0.15) is 0 Å². The molecule has 2 rings (SSSR count). The first-order chi connectivity index (χ1) is 8.99. The molecule has 0 N–H and O–H groups in total. The van der Waals surface area contributed by atoms with Crippen LogP contribution in [-0.2, 0) is 4.79 Å². The summed E-state index contributed by atoms with van der Waals surface area (Å²) < 4.78 is 0. The quantitative estimate of drug-likeness (QED) is 0.619. The lowest BCUT2D eigenvalue weighted by atomic mass is 10.2. The molecule has 0 aliphatic carbocycles. The highest BCUT2D eigenvalue weighted by Crippen LogP contribution is 2.37. The van der Waals surface area contributed by atoms with Gasteiger partial charge in [0.05, 0.1) is 16.4 Å². The molecule has 0 fully saturated rings. The number of hydrogen-bond acceptors (Lipinski definition) is 5. The molecule has 0 aromatic heterocycles. The van der Waals surface area contributed by atoms with Crippen LogP contribution in [-0.4, -0.2) is 48.7 Å². The molecular weight excluding hydrogens is 266 g/mol. The summed E-state index contributed by atoms with van der Waals surface area (Å²) in [6.45, 7) is 1.35. The molecule has 6 nitrogen and oxygen atoms in total. The summed E-state index contributed by atoms with van der Waals surface area (Å²) in [4.78, 5) is 26.8. The third kappa shape index (κ3) is 3.05. The number of nitrogens with zero attached hydrogens (tertiary/aromatic N) is 3. The Bertz CT molecular complexity index is 519. The van der Waals surface area contributed by atoms with Gasteiger partial charge in [0.1, 0.15) is 0 Å². The number of carbonyl (C=O) groups excluding carboxylic acids is 1. The van der Waals surface area contributed by atoms with Crippen LogP contribution in [0, 0.1) is 10.1 Å². The van der Waals surface area contributed by atoms with Gasteiger partial charge in [-0.3, -0.25) is 14.9 Å². The Morgan fingerprint density at radius 1 is 1.47 bits per heavy atom. The number of amides is 1. The van der Waals surface area contributed by atoms with Crippen LogP contribution in [0.25, 0.3) is 0 Å². The van der Waals surface area contributed by atoms with Crippen molar-refractivity contribution in [2.75, 3.05) is 37.8 Å². The zero-order chi connectivity index (χ0) is 14.0. The Morgan fingerprint density at radius 2 is 2.21 bits per heavy atom. The smallest absolute Gasteiger partial charge is 0.270 e. The van der Waals surface area contributed by atoms with E-state index in [1.807, 2.05) is 19.0 Å². The van der Waals surface area contributed by atoms with Crippen molar-refractivity contribution < 1.29 is 9.72 Å². The van der Waals surface area contributed by atoms with Crippen LogP contribution in [0.2, 0.25) is 0 Å². The number of anilines is 1. The van der Waals surface area contributed by atoms with Crippen LogP contribution in [0.5, 0.6) is 0 Å². The standard InChI is InChI=1S/C12H15N3O3S/c1-13(2)5-6-14-10-4-3-9(15(17)18)7-11(10)19-8-12(14)16/h3-4,7H,5-6,8H2,1-2H3. The van der Waals surface area contributed by atoms with Gasteiger partial charge in [-0.2, -0.15) is 0 Å². The van der Waals surface area contributed by atoms with Crippen LogP contribution in [0.4, 0.5) is 11.4 Å². The topological polar surface area (TPSA) is 66.7 Å². The van der Waals surface area contributed by atoms with Crippen molar-refractivity contribution in [2.45, 2.75) is 4.90 Å². The third-order valence-corrected chi connectivity index (χ3v) is 3.90. The van der Waals surface area contributed by atoms with E-state index in [4.69, 9.17) is 0 Å². The summed E-state index contributed by atoms with van der Waals surface area (Å²) in [5, 5.41) is 10.8. The van der Waals surface area contributed by atoms with E-state index in [9.17, 15) is 14.9 Å². The van der Waals surface area contributed by atoms with Gasteiger partial charge >= 0.3 is 0 Å². The molecule has 1 aromatic rings. The molecule has 1 amide bonds. The zero-order valence-electron chi connectivity index (χ0n) is 10.8. The molecule has 0 saturated carbocycles. The highest BCUT2D eigenvalue weighted by Gasteiger charge is 2.26. The summed E-state index contributed by atoms with van der Waals surface area (Å²) in [5.74, 6) is 0.384. The van der Waals surface area contributed by atoms with Crippen molar-refractivity contribution in [3.63, 3.8) is 0 Å². The number of nitro groups is 1. The lowest BCUT2D eigenvalue weighted by Crippen LogP contribution is -2.39. The largest absolute Gasteiger partial charge is 0.309 e. The maximum Gasteiger partial charge on any atom is 0.270 e. The van der Waals surface area contributed by atoms with Gasteiger partial charge in [0.25, 0.3) is 5.69 Å². The van der Waals surface area contributed by atoms with Gasteiger partial charge in [-0.1, -0.05) is 0 Å². The van der Waals surface area contributed by atoms with Gasteiger partial charge in [-0.15, -0.1) is 11.8 Å². The first-order valence-corrected chi connectivity index (χ1v) is 6.84. The number of rotatable bonds is 4. The second-order valence-corrected chi connectivity index (χ2v) is 5.56. The summed E-state index contributed by atoms with van der Waals surface area (Å²) >= 11 is 1.36. The maximum absolute atomic E-state index is 11.9. The minimum Gasteiger partial charge on any atom is -0.309 e. The molecule has 0 spiro atoms. The van der Waals surface area contributed by atoms with E-state index in [0.29, 0.717) is 12.3 Å². The summed E-state index contributed by atoms with van der Waals surface area (Å²) in [7, 11) is 3.89. The van der Waals surface area contributed by atoms with Crippen LogP contribution < -0.4 is 4.90 Å². The third-order valence-electron chi connectivity index (χ3n) is 2.87. The molecule has 0 atom stereocenters. The van der Waals surface area contributed by atoms with E-state index in [2.05, 4.69) is 0 Å². The minimum atomic E-state index is -0.415. The molecule has 1 aliphatic rings. The Hall–Kier alpha value is -1.60. The fraction of sp³-hybridized carbons (Fsp3) is 0.417. The number of carbonyl (C=O) groups is 1. The fourth-order valence-electron chi connectivity index (χ4n) is 1.85. The van der Waals surface area contributed by atoms with E-state index in [-0.39, 0.29) is 11.6 Å². The van der Waals surface area contributed by atoms with E-state index >= 15 is 0 Å². The first kappa shape index (κ1) is 13.8. The van der Waals surface area contributed by atoms with Crippen molar-refractivity contribution >= 4 is 29.0 Å². The summed E-state index contributed by atoms with van der Waals surface area (Å²) in [6.07, 6.45) is 0. The second-order valence-electron chi connectivity index (χ2n) is 4.55. The lowest BCUT2D eigenvalue weighted by Gasteiger charge is -2.29. The summed E-state index contributed by atoms with van der Waals surface area (Å²) in [5.41, 5.74) is 0.835. The molecule has 102 valence electrons. The van der Waals surface area contributed by atoms with E-state index in [0.717, 1.165) is 17.1 Å². The predicted octanol–water partition coefficient (Wildman–Crippen LogP) is 1.60. The average molecular weight is 281 g/mol. The molecule has 0 saturated heterocycles. The molecule has 0 unspecified atom stereocenters. The van der Waals surface area contributed by atoms with Crippen molar-refractivity contribution in [1.29, 1.82) is 0 Å². The minimum absolute atomic E-state index is 0.0493. The fourth-order valence-corrected chi connectivity index (χ4v) is 2.82. The van der Waals surface area contributed by atoms with Crippen molar-refractivity contribution in [3.05, 3.63) is 28.3 Å². The number of non-ortho nitro benzene ring substituents is 1. The van der Waals surface area contributed by atoms with Crippen LogP contribution in [0.3, 0.4) is 0 Å². The number of fused-ring (bicyclic) bond motifs is 1. The van der Waals surface area contributed by atoms with Crippen molar-refractivity contribution in [2.24, 2.45) is 0 Å². The second kappa shape index (κ2) is 5.58. The normalized spacial score (nSPS) is 14.7. The number of hydrogen-bond donors (Lipinski definition) is 0. The molecule has 1 aromatic carbocycles. The van der Waals surface area contributed by atoms with Crippen molar-refractivity contribution in [3.8, 4) is 0 Å². The number of benzene rings is 1. The molecule has 0 bridgehead atoms. The summed E-state index contributed by atoms with van der Waals surface area (Å²) in [6, 6.07) is 4.64. The van der Waals surface area contributed by atoms with Crippen molar-refractivity contribution in [1.82, 2.24) is 4.90 Å². The van der Waals surface area contributed by atoms with E-state index < -0.39 is 4.92 Å². The Labute approximate surface area is 115 Å². The predicted molar refractivity (Wildman–Crippen MR) is 74.7 cm³/mol. The first-order valence-electron chi connectivity index (χ1n) is 5.85. The monoisotopic (exact) mass is 281 g/mol. The van der Waals surface area contributed by atoms with Gasteiger partial charge in [0.15, 0.2) is 0 Å². The lowest BCUT2D eigenvalue weighted by molar-refractivity contribution is -0.385. The highest BCUT2D eigenvalue weighted by atomic mass is 32.2. The average Bonchev–Trinajstić information content (AvgIpc) is 2.36. The van der Waals surface area contributed by atoms with Crippen LogP contribution >= 0.6 is 11.8 Å². The Balaban J connectivity index is 2.28. The zero-order valence-corrected chi connectivity index (χ0v) is 11.6. The number of nitro benzene ring substituents is 1. The van der Waals surface area contributed by atoms with Gasteiger partial charge in [0.2, 0.25) is 5.91 Å². The van der Waals surface area contributed by atoms with Gasteiger partial charge < -0.3 is 9.80 Å². The van der Waals surface area contributed by atoms with Gasteiger partial charge in [-0.25, -0.2) is 0 Å². The SMILES string of the molecule is CN(C)CCN1C(=O)CSc2cc([N+](=O)[O-])ccc21. The molecular formula is C12H15N3O3S. The van der Waals surface area contributed by atoms with E-state index in [1.165, 1.54) is 23.9 Å². The van der Waals surface area contributed by atoms with E-state index in [1.54, 1.807) is 11.0 Å². The van der Waals surface area contributed by atoms with Gasteiger partial charge in [-0.05, 0) is 20.2 Å². The maximum atomic E-state index is 11.9. The Kier molecular flexibility index (Phi) is 4.06. The van der Waals surface area contributed by atoms with Gasteiger partial charge in [0, 0.05) is 30.1 Å². The Morgan fingerprint density at radius 3 is 2.84 bits per heavy atom.